The average Bonchev–Trinajstić information content (AvgIpc) is 3.77. The van der Waals surface area contributed by atoms with E-state index in [4.69, 9.17) is 33.5 Å². The molecule has 246 valence electrons. The van der Waals surface area contributed by atoms with Gasteiger partial charge >= 0.3 is 6.01 Å². The second-order valence-electron chi connectivity index (χ2n) is 12.7. The molecule has 0 radical (unpaired) electrons. The van der Waals surface area contributed by atoms with E-state index in [0.717, 1.165) is 4.90 Å². The van der Waals surface area contributed by atoms with Crippen LogP contribution in [-0.2, 0) is 4.74 Å². The minimum Gasteiger partial charge on any atom is -0.463 e. The molecule has 2 aromatic heterocycles. The first kappa shape index (κ1) is 25.8. The molecule has 0 amide bonds. The van der Waals surface area contributed by atoms with Gasteiger partial charge < -0.3 is 25.0 Å². The lowest BCUT2D eigenvalue weighted by Gasteiger charge is -2.44. The van der Waals surface area contributed by atoms with Crippen LogP contribution in [-0.4, -0.2) is 84.9 Å². The third kappa shape index (κ3) is 5.39. The summed E-state index contributed by atoms with van der Waals surface area (Å²) in [6.45, 7) is -2.78. The molecule has 47 heavy (non-hydrogen) atoms. The number of fused-ring (bicyclic) bond motifs is 3. The number of pyridine rings is 1. The van der Waals surface area contributed by atoms with Gasteiger partial charge in [0.1, 0.15) is 17.8 Å². The van der Waals surface area contributed by atoms with E-state index in [0.29, 0.717) is 38.7 Å². The van der Waals surface area contributed by atoms with Gasteiger partial charge in [-0.25, -0.2) is 17.6 Å². The number of anilines is 2. The standard InChI is InChI=1S/C35H36F4N6O2/c1-5-21-26(36)7-6-19-12-20(40)13-22(27(19)21)29-18(2)30-23(14-41-29)33(45-10-11-46-15-24-28(37)31(24)45)43-34(42-30)47-17-35(3)16-44(4)9-8-25(35)32(38)39/h1,6-7,12-14,24-25,28,31-32H,8-11,15-17,40H2,2-4H3/t24-,25+,28-,31-,35-/m0/s1/i4D3,17D2. The predicted molar refractivity (Wildman–Crippen MR) is 173 cm³/mol. The summed E-state index contributed by atoms with van der Waals surface area (Å²) < 4.78 is 112. The number of ether oxygens (including phenoxy) is 2. The number of alkyl halides is 3. The van der Waals surface area contributed by atoms with Gasteiger partial charge in [0.2, 0.25) is 6.43 Å². The number of nitrogens with zero attached hydrogens (tertiary/aromatic N) is 5. The fourth-order valence-corrected chi connectivity index (χ4v) is 7.08. The van der Waals surface area contributed by atoms with E-state index in [2.05, 4.69) is 15.9 Å². The van der Waals surface area contributed by atoms with Crippen molar-refractivity contribution in [2.75, 3.05) is 57.0 Å². The van der Waals surface area contributed by atoms with Crippen molar-refractivity contribution >= 4 is 33.2 Å². The second kappa shape index (κ2) is 11.8. The monoisotopic (exact) mass is 653 g/mol. The lowest BCUT2D eigenvalue weighted by molar-refractivity contribution is -0.0679. The number of hydrogen-bond acceptors (Lipinski definition) is 8. The molecule has 2 aliphatic heterocycles. The number of aromatic nitrogens is 3. The summed E-state index contributed by atoms with van der Waals surface area (Å²) in [4.78, 5) is 16.5. The molecule has 0 unspecified atom stereocenters. The molecule has 1 aliphatic carbocycles. The molecule has 2 aromatic carbocycles. The third-order valence-corrected chi connectivity index (χ3v) is 9.61. The molecular weight excluding hydrogens is 612 g/mol. The zero-order valence-electron chi connectivity index (χ0n) is 30.7. The van der Waals surface area contributed by atoms with E-state index in [1.807, 2.05) is 0 Å². The van der Waals surface area contributed by atoms with Crippen molar-refractivity contribution in [3.8, 4) is 29.6 Å². The van der Waals surface area contributed by atoms with Gasteiger partial charge in [0.15, 0.2) is 0 Å². The second-order valence-corrected chi connectivity index (χ2v) is 12.7. The highest BCUT2D eigenvalue weighted by Crippen LogP contribution is 2.46. The van der Waals surface area contributed by atoms with Crippen LogP contribution in [0, 0.1) is 42.3 Å². The Bertz CT molecular complexity index is 2120. The molecule has 0 bridgehead atoms. The van der Waals surface area contributed by atoms with Crippen LogP contribution >= 0.6 is 0 Å². The third-order valence-electron chi connectivity index (χ3n) is 9.61. The van der Waals surface area contributed by atoms with Crippen molar-refractivity contribution in [2.45, 2.75) is 38.9 Å². The summed E-state index contributed by atoms with van der Waals surface area (Å²) >= 11 is 0. The van der Waals surface area contributed by atoms with Crippen molar-refractivity contribution in [1.29, 1.82) is 0 Å². The van der Waals surface area contributed by atoms with E-state index < -0.39 is 67.8 Å². The van der Waals surface area contributed by atoms with Gasteiger partial charge in [-0.15, -0.1) is 6.42 Å². The molecule has 1 saturated carbocycles. The number of hydrogen-bond donors (Lipinski definition) is 1. The van der Waals surface area contributed by atoms with Gasteiger partial charge in [-0.05, 0) is 50.5 Å². The van der Waals surface area contributed by atoms with E-state index in [1.165, 1.54) is 19.2 Å². The van der Waals surface area contributed by atoms with Crippen LogP contribution in [0.1, 0.15) is 31.3 Å². The Labute approximate surface area is 277 Å². The smallest absolute Gasteiger partial charge is 0.318 e. The van der Waals surface area contributed by atoms with Crippen LogP contribution < -0.4 is 15.4 Å². The molecule has 2 N–H and O–H groups in total. The summed E-state index contributed by atoms with van der Waals surface area (Å²) in [7, 11) is 0. The van der Waals surface area contributed by atoms with Crippen molar-refractivity contribution in [3.05, 3.63) is 47.4 Å². The zero-order chi connectivity index (χ0) is 37.5. The molecule has 5 atom stereocenters. The maximum atomic E-state index is 15.1. The maximum Gasteiger partial charge on any atom is 0.318 e. The average molecular weight is 654 g/mol. The molecule has 12 heteroatoms. The summed E-state index contributed by atoms with van der Waals surface area (Å²) in [5.74, 6) is -0.0552. The fourth-order valence-electron chi connectivity index (χ4n) is 7.08. The van der Waals surface area contributed by atoms with Crippen molar-refractivity contribution < 1.29 is 33.9 Å². The number of likely N-dealkylation sites (tertiary alicyclic amines) is 1. The Morgan fingerprint density at radius 1 is 1.30 bits per heavy atom. The first-order chi connectivity index (χ1) is 24.5. The highest BCUT2D eigenvalue weighted by atomic mass is 19.3. The predicted octanol–water partition coefficient (Wildman–Crippen LogP) is 5.63. The Kier molecular flexibility index (Phi) is 6.48. The van der Waals surface area contributed by atoms with E-state index in [1.54, 1.807) is 30.0 Å². The topological polar surface area (TPSA) is 89.6 Å². The summed E-state index contributed by atoms with van der Waals surface area (Å²) in [6.07, 6.45) is 2.70. The number of rotatable bonds is 6. The first-order valence-corrected chi connectivity index (χ1v) is 15.3. The lowest BCUT2D eigenvalue weighted by Crippen LogP contribution is -2.51. The van der Waals surface area contributed by atoms with Gasteiger partial charge in [0, 0.05) is 62.8 Å². The Morgan fingerprint density at radius 3 is 2.89 bits per heavy atom. The molecule has 3 fully saturated rings. The largest absolute Gasteiger partial charge is 0.463 e. The molecule has 4 aromatic rings. The Hall–Kier alpha value is -4.21. The van der Waals surface area contributed by atoms with Crippen molar-refractivity contribution in [2.24, 2.45) is 17.3 Å². The van der Waals surface area contributed by atoms with Gasteiger partial charge in [0.25, 0.3) is 0 Å². The van der Waals surface area contributed by atoms with Crippen molar-refractivity contribution in [1.82, 2.24) is 19.9 Å². The number of aryl methyl sites for hydroxylation is 1. The zero-order valence-corrected chi connectivity index (χ0v) is 25.7. The number of benzene rings is 2. The van der Waals surface area contributed by atoms with Gasteiger partial charge in [0.05, 0.1) is 50.7 Å². The first-order valence-electron chi connectivity index (χ1n) is 17.8. The van der Waals surface area contributed by atoms with Gasteiger partial charge in [-0.3, -0.25) is 4.98 Å². The highest BCUT2D eigenvalue weighted by Gasteiger charge is 2.56. The Balaban J connectivity index is 1.42. The number of halogens is 4. The summed E-state index contributed by atoms with van der Waals surface area (Å²) in [5, 5.41) is 1.29. The van der Waals surface area contributed by atoms with Crippen molar-refractivity contribution in [3.63, 3.8) is 0 Å². The molecule has 4 heterocycles. The van der Waals surface area contributed by atoms with E-state index in [9.17, 15) is 8.78 Å². The maximum absolute atomic E-state index is 15.1. The molecule has 0 spiro atoms. The molecule has 8 nitrogen and oxygen atoms in total. The normalized spacial score (nSPS) is 28.5. The minimum atomic E-state index is -2.98. The molecule has 7 rings (SSSR count). The summed E-state index contributed by atoms with van der Waals surface area (Å²) in [5.41, 5.74) is 5.88. The highest BCUT2D eigenvalue weighted by molar-refractivity contribution is 6.04. The van der Waals surface area contributed by atoms with Crippen LogP contribution in [0.4, 0.5) is 29.1 Å². The number of nitrogens with two attached hydrogens (primary N) is 1. The van der Waals surface area contributed by atoms with Gasteiger partial charge in [-0.2, -0.15) is 9.97 Å². The summed E-state index contributed by atoms with van der Waals surface area (Å²) in [6, 6.07) is 4.88. The SMILES string of the molecule is [2H]C([2H])([2H])N1CC[C@H](C(F)F)[C@](C)(C([2H])([2H])Oc2nc(N3CCOC[C@H]4[C@H](F)[C@H]43)c3cnc(-c4cc(N)cc5ccc(F)c(C#C)c45)c(C)c3n2)C1. The lowest BCUT2D eigenvalue weighted by atomic mass is 9.73. The molecule has 2 saturated heterocycles. The van der Waals surface area contributed by atoms with Gasteiger partial charge in [-0.1, -0.05) is 18.9 Å². The minimum absolute atomic E-state index is 0.00636. The molecule has 3 aliphatic rings. The Morgan fingerprint density at radius 2 is 2.13 bits per heavy atom. The van der Waals surface area contributed by atoms with Crippen LogP contribution in [0.2, 0.25) is 0 Å². The van der Waals surface area contributed by atoms with E-state index in [-0.39, 0.29) is 49.6 Å². The molecular formula is C35H36F4N6O2. The number of nitrogen functional groups attached to an aromatic ring is 1. The number of terminal acetylenes is 1. The van der Waals surface area contributed by atoms with Crippen LogP contribution in [0.25, 0.3) is 32.9 Å². The van der Waals surface area contributed by atoms with Crippen LogP contribution in [0.5, 0.6) is 6.01 Å². The van der Waals surface area contributed by atoms with E-state index >= 15 is 8.78 Å². The quantitative estimate of drug-likeness (QED) is 0.163. The van der Waals surface area contributed by atoms with Crippen LogP contribution in [0.15, 0.2) is 30.5 Å². The number of piperidine rings is 1. The van der Waals surface area contributed by atoms with Crippen LogP contribution in [0.3, 0.4) is 0 Å². The fraction of sp³-hybridized carbons (Fsp3) is 0.457.